The summed E-state index contributed by atoms with van der Waals surface area (Å²) in [4.78, 5) is 46.1. The van der Waals surface area contributed by atoms with Crippen LogP contribution in [0, 0.1) is 5.82 Å². The van der Waals surface area contributed by atoms with E-state index in [0.29, 0.717) is 22.4 Å². The monoisotopic (exact) mass is 593 g/mol. The summed E-state index contributed by atoms with van der Waals surface area (Å²) in [5.41, 5.74) is 2.39. The lowest BCUT2D eigenvalue weighted by atomic mass is 9.90. The summed E-state index contributed by atoms with van der Waals surface area (Å²) >= 11 is 0. The van der Waals surface area contributed by atoms with Gasteiger partial charge in [-0.25, -0.2) is 4.39 Å². The second kappa shape index (κ2) is 11.5. The fraction of sp³-hybridized carbons (Fsp3) is 0.133. The second-order valence-electron chi connectivity index (χ2n) is 9.54. The molecule has 3 unspecified atom stereocenters. The first-order valence-corrected chi connectivity index (χ1v) is 15.6. The summed E-state index contributed by atoms with van der Waals surface area (Å²) in [6.45, 7) is 0. The third-order valence-corrected chi connectivity index (χ3v) is 9.55. The highest BCUT2D eigenvalue weighted by Gasteiger charge is 2.53. The molecule has 41 heavy (non-hydrogen) atoms. The molecule has 1 heterocycles. The van der Waals surface area contributed by atoms with Crippen molar-refractivity contribution in [3.63, 3.8) is 0 Å². The average molecular weight is 594 g/mol. The topological polar surface area (TPSA) is 132 Å². The maximum absolute atomic E-state index is 13.4. The predicted molar refractivity (Wildman–Crippen MR) is 154 cm³/mol. The zero-order valence-electron chi connectivity index (χ0n) is 21.5. The maximum Gasteiger partial charge on any atom is 0.356 e. The van der Waals surface area contributed by atoms with Crippen LogP contribution in [0.4, 0.5) is 10.1 Å². The first-order chi connectivity index (χ1) is 19.5. The number of aromatic hydroxyl groups is 1. The quantitative estimate of drug-likeness (QED) is 0.148. The molecule has 0 spiro atoms. The molecule has 4 aromatic rings. The Bertz CT molecular complexity index is 1670. The third kappa shape index (κ3) is 5.92. The molecular weight excluding hydrogens is 568 g/mol. The van der Waals surface area contributed by atoms with Gasteiger partial charge < -0.3 is 19.8 Å². The van der Waals surface area contributed by atoms with Crippen molar-refractivity contribution in [1.29, 1.82) is 0 Å². The number of hydrogen-bond acceptors (Lipinski definition) is 5. The van der Waals surface area contributed by atoms with Crippen LogP contribution in [0.25, 0.3) is 11.1 Å². The number of halogens is 1. The molecule has 0 aliphatic carbocycles. The normalized spacial score (nSPS) is 17.6. The van der Waals surface area contributed by atoms with E-state index < -0.39 is 41.4 Å². The van der Waals surface area contributed by atoms with Crippen LogP contribution in [0.2, 0.25) is 0 Å². The number of β-lactam (4-membered cyclic amide) rings is 1. The number of Topliss-reactive ketones (excluding diaryl/α,β-unsaturated/α-hetero) is 1. The van der Waals surface area contributed by atoms with E-state index in [1.165, 1.54) is 59.5 Å². The maximum atomic E-state index is 13.4. The summed E-state index contributed by atoms with van der Waals surface area (Å²) in [6.07, 6.45) is -0.102. The molecule has 5 rings (SSSR count). The predicted octanol–water partition coefficient (Wildman–Crippen LogP) is 4.48. The molecular formula is C30H25FNO7PS. The lowest BCUT2D eigenvalue weighted by Crippen LogP contribution is -2.61. The molecule has 1 aliphatic rings. The fourth-order valence-electron chi connectivity index (χ4n) is 4.82. The largest absolute Gasteiger partial charge is 0.508 e. The Morgan fingerprint density at radius 3 is 2.15 bits per heavy atom. The standard InChI is InChI=1S/C30H25FNO7PS/c31-22-11-6-20(7-12-22)26(33)16-17-41(39)29-28(32(30(29)35)23-4-2-1-3-5-23)25-15-10-21(18-27(25)34)19-8-13-24(14-9-19)40(36,37)38/h1-15,18,28-29,34H,16-17H2,(H2,36,37,38). The van der Waals surface area contributed by atoms with Gasteiger partial charge in [0.25, 0.3) is 0 Å². The van der Waals surface area contributed by atoms with Gasteiger partial charge in [0.2, 0.25) is 5.91 Å². The third-order valence-electron chi connectivity index (χ3n) is 6.95. The Kier molecular flexibility index (Phi) is 8.02. The Morgan fingerprint density at radius 1 is 0.902 bits per heavy atom. The molecule has 4 aromatic carbocycles. The van der Waals surface area contributed by atoms with Crippen LogP contribution in [0.1, 0.15) is 28.4 Å². The van der Waals surface area contributed by atoms with Crippen LogP contribution < -0.4 is 10.2 Å². The number of para-hydroxylation sites is 1. The molecule has 210 valence electrons. The van der Waals surface area contributed by atoms with Gasteiger partial charge >= 0.3 is 7.60 Å². The highest BCUT2D eigenvalue weighted by molar-refractivity contribution is 7.86. The Labute approximate surface area is 237 Å². The molecule has 1 aliphatic heterocycles. The van der Waals surface area contributed by atoms with Crippen molar-refractivity contribution in [1.82, 2.24) is 0 Å². The number of phenolic OH excluding ortho intramolecular Hbond substituents is 1. The van der Waals surface area contributed by atoms with Crippen LogP contribution in [0.3, 0.4) is 0 Å². The van der Waals surface area contributed by atoms with Crippen molar-refractivity contribution in [2.75, 3.05) is 10.7 Å². The number of amides is 1. The van der Waals surface area contributed by atoms with E-state index in [-0.39, 0.29) is 34.6 Å². The lowest BCUT2D eigenvalue weighted by Gasteiger charge is -2.46. The number of nitrogens with zero attached hydrogens (tertiary/aromatic N) is 1. The van der Waals surface area contributed by atoms with E-state index in [4.69, 9.17) is 0 Å². The highest BCUT2D eigenvalue weighted by Crippen LogP contribution is 2.45. The summed E-state index contributed by atoms with van der Waals surface area (Å²) in [7, 11) is -6.16. The number of carbonyl (C=O) groups is 2. The number of phenols is 1. The first-order valence-electron chi connectivity index (χ1n) is 12.6. The van der Waals surface area contributed by atoms with E-state index >= 15 is 0 Å². The molecule has 8 nitrogen and oxygen atoms in total. The Morgan fingerprint density at radius 2 is 1.54 bits per heavy atom. The number of ketones is 1. The van der Waals surface area contributed by atoms with E-state index in [2.05, 4.69) is 0 Å². The van der Waals surface area contributed by atoms with E-state index in [1.54, 1.807) is 42.5 Å². The van der Waals surface area contributed by atoms with Crippen molar-refractivity contribution >= 4 is 41.1 Å². The van der Waals surface area contributed by atoms with E-state index in [1.807, 2.05) is 0 Å². The highest BCUT2D eigenvalue weighted by atomic mass is 32.2. The zero-order valence-corrected chi connectivity index (χ0v) is 23.2. The minimum absolute atomic E-state index is 0.0868. The van der Waals surface area contributed by atoms with Gasteiger partial charge in [-0.05, 0) is 65.7 Å². The smallest absolute Gasteiger partial charge is 0.356 e. The van der Waals surface area contributed by atoms with Gasteiger partial charge in [0.15, 0.2) is 5.78 Å². The molecule has 1 fully saturated rings. The van der Waals surface area contributed by atoms with Crippen LogP contribution in [-0.2, 0) is 20.2 Å². The molecule has 0 saturated carbocycles. The lowest BCUT2D eigenvalue weighted by molar-refractivity contribution is -0.123. The van der Waals surface area contributed by atoms with Gasteiger partial charge in [-0.1, -0.05) is 42.5 Å². The van der Waals surface area contributed by atoms with Gasteiger partial charge in [-0.15, -0.1) is 0 Å². The minimum atomic E-state index is -4.40. The Balaban J connectivity index is 1.41. The number of rotatable bonds is 9. The van der Waals surface area contributed by atoms with Crippen molar-refractivity contribution in [2.45, 2.75) is 17.7 Å². The number of hydrogen-bond donors (Lipinski definition) is 3. The molecule has 11 heteroatoms. The van der Waals surface area contributed by atoms with Crippen molar-refractivity contribution in [3.8, 4) is 16.9 Å². The van der Waals surface area contributed by atoms with Crippen LogP contribution in [-0.4, -0.2) is 41.8 Å². The first kappa shape index (κ1) is 28.6. The molecule has 1 saturated heterocycles. The average Bonchev–Trinajstić information content (AvgIpc) is 2.95. The molecule has 0 bridgehead atoms. The summed E-state index contributed by atoms with van der Waals surface area (Å²) < 4.78 is 38.1. The SMILES string of the molecule is O=C(CCS(=O)C1C(=O)N(c2ccccc2)C1c1ccc(-c2ccc(P(=O)(O)O)cc2)cc1O)c1ccc(F)cc1. The number of benzene rings is 4. The van der Waals surface area contributed by atoms with Gasteiger partial charge in [-0.3, -0.25) is 18.4 Å². The van der Waals surface area contributed by atoms with Gasteiger partial charge in [-0.2, -0.15) is 0 Å². The van der Waals surface area contributed by atoms with Gasteiger partial charge in [0, 0.05) is 39.8 Å². The fourth-order valence-corrected chi connectivity index (χ4v) is 6.89. The van der Waals surface area contributed by atoms with Gasteiger partial charge in [0.05, 0.1) is 11.3 Å². The molecule has 3 atom stereocenters. The van der Waals surface area contributed by atoms with Crippen molar-refractivity contribution in [2.24, 2.45) is 0 Å². The van der Waals surface area contributed by atoms with Gasteiger partial charge in [0.1, 0.15) is 16.8 Å². The summed E-state index contributed by atoms with van der Waals surface area (Å²) in [5, 5.41) is 9.93. The van der Waals surface area contributed by atoms with E-state index in [0.717, 1.165) is 0 Å². The van der Waals surface area contributed by atoms with E-state index in [9.17, 15) is 37.6 Å². The minimum Gasteiger partial charge on any atom is -0.508 e. The summed E-state index contributed by atoms with van der Waals surface area (Å²) in [6, 6.07) is 23.6. The van der Waals surface area contributed by atoms with Crippen molar-refractivity contribution in [3.05, 3.63) is 114 Å². The molecule has 0 radical (unpaired) electrons. The van der Waals surface area contributed by atoms with Crippen LogP contribution in [0.5, 0.6) is 5.75 Å². The molecule has 3 N–H and O–H groups in total. The number of carbonyl (C=O) groups excluding carboxylic acids is 2. The zero-order chi connectivity index (χ0) is 29.3. The molecule has 0 aromatic heterocycles. The Hall–Kier alpha value is -3.95. The van der Waals surface area contributed by atoms with Crippen LogP contribution >= 0.6 is 7.60 Å². The van der Waals surface area contributed by atoms with Crippen molar-refractivity contribution < 1.29 is 37.6 Å². The second-order valence-corrected chi connectivity index (χ2v) is 12.8. The summed E-state index contributed by atoms with van der Waals surface area (Å²) in [5.74, 6) is -1.43. The molecule has 1 amide bonds. The number of anilines is 1. The van der Waals surface area contributed by atoms with Crippen LogP contribution in [0.15, 0.2) is 97.1 Å².